The Morgan fingerprint density at radius 3 is 2.61 bits per heavy atom. The van der Waals surface area contributed by atoms with E-state index in [-0.39, 0.29) is 0 Å². The molecule has 0 amide bonds. The summed E-state index contributed by atoms with van der Waals surface area (Å²) in [6.07, 6.45) is 7.09. The van der Waals surface area contributed by atoms with Crippen LogP contribution in [0, 0.1) is 0 Å². The van der Waals surface area contributed by atoms with Crippen LogP contribution in [-0.2, 0) is 6.54 Å². The molecule has 120 valence electrons. The van der Waals surface area contributed by atoms with E-state index < -0.39 is 0 Å². The fourth-order valence-electron chi connectivity index (χ4n) is 3.46. The van der Waals surface area contributed by atoms with Crippen molar-refractivity contribution in [3.63, 3.8) is 0 Å². The normalized spacial score (nSPS) is 17.4. The van der Waals surface area contributed by atoms with Crippen molar-refractivity contribution >= 4 is 10.8 Å². The van der Waals surface area contributed by atoms with Gasteiger partial charge in [0.15, 0.2) is 0 Å². The Balaban J connectivity index is 2.01. The van der Waals surface area contributed by atoms with Gasteiger partial charge in [-0.1, -0.05) is 73.0 Å². The number of fused-ring (bicyclic) bond motifs is 1. The molecule has 3 rings (SSSR count). The molecule has 1 nitrogen and oxygen atoms in total. The average molecular weight is 305 g/mol. The van der Waals surface area contributed by atoms with Gasteiger partial charge in [0.25, 0.3) is 0 Å². The predicted molar refractivity (Wildman–Crippen MR) is 101 cm³/mol. The van der Waals surface area contributed by atoms with Crippen molar-refractivity contribution in [1.82, 2.24) is 5.32 Å². The summed E-state index contributed by atoms with van der Waals surface area (Å²) in [5.41, 5.74) is 5.81. The highest BCUT2D eigenvalue weighted by Crippen LogP contribution is 2.37. The van der Waals surface area contributed by atoms with Gasteiger partial charge in [0, 0.05) is 12.5 Å². The predicted octanol–water partition coefficient (Wildman–Crippen LogP) is 5.72. The van der Waals surface area contributed by atoms with Crippen LogP contribution in [0.5, 0.6) is 0 Å². The number of benzene rings is 2. The number of hydrogen-bond donors (Lipinski definition) is 1. The zero-order valence-electron chi connectivity index (χ0n) is 14.5. The Morgan fingerprint density at radius 2 is 1.87 bits per heavy atom. The standard InChI is InChI=1S/C22H27N/c1-4-5-14-23-15-22-20-9-7-6-8-18(20)11-13-21(22)19-12-10-16(2)17(19)3/h6-13,19,23H,4-5,14-15H2,1-3H3. The molecule has 0 bridgehead atoms. The van der Waals surface area contributed by atoms with Crippen LogP contribution in [0.2, 0.25) is 0 Å². The van der Waals surface area contributed by atoms with Crippen molar-refractivity contribution in [3.8, 4) is 0 Å². The molecule has 1 unspecified atom stereocenters. The molecule has 0 radical (unpaired) electrons. The zero-order valence-corrected chi connectivity index (χ0v) is 14.5. The lowest BCUT2D eigenvalue weighted by Crippen LogP contribution is -2.16. The molecular weight excluding hydrogens is 278 g/mol. The van der Waals surface area contributed by atoms with Gasteiger partial charge in [0.2, 0.25) is 0 Å². The second-order valence-corrected chi connectivity index (χ2v) is 6.59. The molecule has 0 fully saturated rings. The Labute approximate surface area is 140 Å². The molecule has 0 aromatic heterocycles. The van der Waals surface area contributed by atoms with E-state index in [0.29, 0.717) is 5.92 Å². The van der Waals surface area contributed by atoms with Gasteiger partial charge in [0.05, 0.1) is 0 Å². The van der Waals surface area contributed by atoms with Crippen LogP contribution in [0.3, 0.4) is 0 Å². The maximum absolute atomic E-state index is 3.64. The Kier molecular flexibility index (Phi) is 4.97. The lowest BCUT2D eigenvalue weighted by atomic mass is 9.87. The monoisotopic (exact) mass is 305 g/mol. The minimum atomic E-state index is 0.433. The van der Waals surface area contributed by atoms with Crippen molar-refractivity contribution in [1.29, 1.82) is 0 Å². The number of hydrogen-bond acceptors (Lipinski definition) is 1. The minimum Gasteiger partial charge on any atom is -0.313 e. The Hall–Kier alpha value is -1.86. The molecule has 2 aromatic rings. The van der Waals surface area contributed by atoms with E-state index in [9.17, 15) is 0 Å². The minimum absolute atomic E-state index is 0.433. The van der Waals surface area contributed by atoms with Gasteiger partial charge in [-0.15, -0.1) is 0 Å². The smallest absolute Gasteiger partial charge is 0.0237 e. The van der Waals surface area contributed by atoms with Crippen LogP contribution < -0.4 is 5.32 Å². The second-order valence-electron chi connectivity index (χ2n) is 6.59. The lowest BCUT2D eigenvalue weighted by molar-refractivity contribution is 0.640. The molecule has 0 aliphatic heterocycles. The summed E-state index contributed by atoms with van der Waals surface area (Å²) in [5.74, 6) is 0.433. The van der Waals surface area contributed by atoms with Gasteiger partial charge in [0.1, 0.15) is 0 Å². The van der Waals surface area contributed by atoms with Crippen molar-refractivity contribution in [2.75, 3.05) is 6.54 Å². The third kappa shape index (κ3) is 3.25. The maximum Gasteiger partial charge on any atom is 0.0237 e. The SMILES string of the molecule is CCCCNCc1c(C2C=CC(C)=C2C)ccc2ccccc12. The van der Waals surface area contributed by atoms with Crippen molar-refractivity contribution in [3.05, 3.63) is 70.8 Å². The maximum atomic E-state index is 3.64. The fourth-order valence-corrected chi connectivity index (χ4v) is 3.46. The summed E-state index contributed by atoms with van der Waals surface area (Å²) in [6.45, 7) is 8.77. The van der Waals surface area contributed by atoms with Crippen molar-refractivity contribution in [2.45, 2.75) is 46.1 Å². The number of unbranched alkanes of at least 4 members (excludes halogenated alkanes) is 1. The highest BCUT2D eigenvalue weighted by molar-refractivity contribution is 5.87. The van der Waals surface area contributed by atoms with Crippen LogP contribution in [0.1, 0.15) is 50.7 Å². The van der Waals surface area contributed by atoms with Gasteiger partial charge in [-0.25, -0.2) is 0 Å². The molecular formula is C22H27N. The Bertz CT molecular complexity index is 752. The molecule has 1 aliphatic rings. The summed E-state index contributed by atoms with van der Waals surface area (Å²) < 4.78 is 0. The summed E-state index contributed by atoms with van der Waals surface area (Å²) in [5, 5.41) is 6.37. The van der Waals surface area contributed by atoms with Crippen LogP contribution in [0.4, 0.5) is 0 Å². The van der Waals surface area contributed by atoms with Crippen molar-refractivity contribution < 1.29 is 0 Å². The van der Waals surface area contributed by atoms with Crippen LogP contribution in [-0.4, -0.2) is 6.54 Å². The molecule has 1 aliphatic carbocycles. The summed E-state index contributed by atoms with van der Waals surface area (Å²) in [6, 6.07) is 13.4. The molecule has 0 saturated carbocycles. The van der Waals surface area contributed by atoms with E-state index in [0.717, 1.165) is 13.1 Å². The first-order valence-corrected chi connectivity index (χ1v) is 8.79. The summed E-state index contributed by atoms with van der Waals surface area (Å²) in [7, 11) is 0. The van der Waals surface area contributed by atoms with Gasteiger partial charge in [-0.3, -0.25) is 0 Å². The molecule has 2 aromatic carbocycles. The first-order valence-electron chi connectivity index (χ1n) is 8.79. The van der Waals surface area contributed by atoms with E-state index >= 15 is 0 Å². The van der Waals surface area contributed by atoms with Crippen LogP contribution >= 0.6 is 0 Å². The molecule has 0 saturated heterocycles. The number of rotatable bonds is 6. The molecule has 1 atom stereocenters. The average Bonchev–Trinajstić information content (AvgIpc) is 2.91. The van der Waals surface area contributed by atoms with Gasteiger partial charge >= 0.3 is 0 Å². The van der Waals surface area contributed by atoms with Gasteiger partial charge < -0.3 is 5.32 Å². The van der Waals surface area contributed by atoms with Gasteiger partial charge in [-0.05, 0) is 48.7 Å². The van der Waals surface area contributed by atoms with Crippen molar-refractivity contribution in [2.24, 2.45) is 0 Å². The topological polar surface area (TPSA) is 12.0 Å². The zero-order chi connectivity index (χ0) is 16.2. The molecule has 23 heavy (non-hydrogen) atoms. The summed E-state index contributed by atoms with van der Waals surface area (Å²) >= 11 is 0. The number of nitrogens with one attached hydrogen (secondary N) is 1. The third-order valence-electron chi connectivity index (χ3n) is 5.05. The van der Waals surface area contributed by atoms with Gasteiger partial charge in [-0.2, -0.15) is 0 Å². The Morgan fingerprint density at radius 1 is 1.04 bits per heavy atom. The number of allylic oxidation sites excluding steroid dienone is 4. The lowest BCUT2D eigenvalue weighted by Gasteiger charge is -2.19. The quantitative estimate of drug-likeness (QED) is 0.673. The molecule has 0 heterocycles. The highest BCUT2D eigenvalue weighted by atomic mass is 14.8. The molecule has 0 spiro atoms. The second kappa shape index (κ2) is 7.14. The van der Waals surface area contributed by atoms with E-state index in [1.54, 1.807) is 0 Å². The van der Waals surface area contributed by atoms with Crippen LogP contribution in [0.15, 0.2) is 59.7 Å². The van der Waals surface area contributed by atoms with E-state index in [1.165, 1.54) is 45.9 Å². The van der Waals surface area contributed by atoms with E-state index in [2.05, 4.69) is 74.6 Å². The molecule has 1 heteroatoms. The first kappa shape index (κ1) is 16.0. The van der Waals surface area contributed by atoms with Crippen LogP contribution in [0.25, 0.3) is 10.8 Å². The first-order chi connectivity index (χ1) is 11.2. The highest BCUT2D eigenvalue weighted by Gasteiger charge is 2.20. The molecule has 1 N–H and O–H groups in total. The largest absolute Gasteiger partial charge is 0.313 e. The third-order valence-corrected chi connectivity index (χ3v) is 5.05. The summed E-state index contributed by atoms with van der Waals surface area (Å²) in [4.78, 5) is 0. The van der Waals surface area contributed by atoms with E-state index in [4.69, 9.17) is 0 Å². The van der Waals surface area contributed by atoms with E-state index in [1.807, 2.05) is 0 Å². The fraction of sp³-hybridized carbons (Fsp3) is 0.364.